The average molecular weight is 604 g/mol. The number of hydrogen-bond donors (Lipinski definition) is 4. The summed E-state index contributed by atoms with van der Waals surface area (Å²) in [6.07, 6.45) is 3.81. The van der Waals surface area contributed by atoms with Crippen molar-refractivity contribution < 1.29 is 28.9 Å². The molecule has 6 N–H and O–H groups in total. The zero-order valence-electron chi connectivity index (χ0n) is 21.4. The maximum Gasteiger partial charge on any atom is 0.352 e. The van der Waals surface area contributed by atoms with E-state index in [1.807, 2.05) is 39.6 Å². The molecule has 1 saturated heterocycles. The molecule has 0 radical (unpaired) electrons. The van der Waals surface area contributed by atoms with Crippen molar-refractivity contribution in [2.75, 3.05) is 30.4 Å². The first kappa shape index (κ1) is 27.9. The number of β-lactam (4-membered cyclic amide) rings is 1. The van der Waals surface area contributed by atoms with Crippen molar-refractivity contribution in [1.29, 1.82) is 0 Å². The van der Waals surface area contributed by atoms with E-state index in [1.165, 1.54) is 16.7 Å². The maximum atomic E-state index is 13.2. The molecule has 0 saturated carbocycles. The Balaban J connectivity index is 1.36. The lowest BCUT2D eigenvalue weighted by Gasteiger charge is -2.49. The molecule has 16 heteroatoms. The third kappa shape index (κ3) is 5.26. The third-order valence-electron chi connectivity index (χ3n) is 6.19. The van der Waals surface area contributed by atoms with E-state index < -0.39 is 29.2 Å². The largest absolute Gasteiger partial charge is 0.477 e. The summed E-state index contributed by atoms with van der Waals surface area (Å²) in [5, 5.41) is 18.9. The molecule has 1 fully saturated rings. The van der Waals surface area contributed by atoms with Crippen molar-refractivity contribution in [3.05, 3.63) is 52.9 Å². The summed E-state index contributed by atoms with van der Waals surface area (Å²) in [5.74, 6) is -1.23. The number of imidazole rings is 1. The van der Waals surface area contributed by atoms with Gasteiger partial charge in [0.05, 0.1) is 0 Å². The van der Waals surface area contributed by atoms with Crippen molar-refractivity contribution in [3.8, 4) is 0 Å². The molecule has 13 nitrogen and oxygen atoms in total. The predicted octanol–water partition coefficient (Wildman–Crippen LogP) is 0.496. The van der Waals surface area contributed by atoms with E-state index in [2.05, 4.69) is 15.5 Å². The number of thioether (sulfide) groups is 2. The molecular formula is C24H27N8O5S3+. The van der Waals surface area contributed by atoms with Crippen LogP contribution < -0.4 is 21.4 Å². The Kier molecular flexibility index (Phi) is 8.30. The number of carbonyl (C=O) groups excluding carboxylic acids is 2. The van der Waals surface area contributed by atoms with Crippen molar-refractivity contribution in [2.45, 2.75) is 29.9 Å². The SMILES string of the molecule is CCON=C(C(=O)N[C@@H]1C(=O)N2C(C(=O)O)=C(C[n+]3ccn4c(SCCN)cccc43)CS[C@@H]12)c1csc(N)n1. The molecule has 2 atom stereocenters. The van der Waals surface area contributed by atoms with Crippen molar-refractivity contribution >= 4 is 69.1 Å². The minimum Gasteiger partial charge on any atom is -0.477 e. The number of pyridine rings is 1. The number of carboxylic acids is 1. The van der Waals surface area contributed by atoms with Gasteiger partial charge in [-0.15, -0.1) is 23.1 Å². The average Bonchev–Trinajstić information content (AvgIpc) is 3.56. The third-order valence-corrected chi connectivity index (χ3v) is 9.27. The second-order valence-corrected chi connectivity index (χ2v) is 11.8. The Bertz CT molecular complexity index is 1530. The first-order chi connectivity index (χ1) is 19.3. The highest BCUT2D eigenvalue weighted by Gasteiger charge is 2.54. The van der Waals surface area contributed by atoms with Gasteiger partial charge in [-0.25, -0.2) is 14.3 Å². The van der Waals surface area contributed by atoms with Gasteiger partial charge in [-0.3, -0.25) is 14.5 Å². The van der Waals surface area contributed by atoms with Gasteiger partial charge in [0.1, 0.15) is 48.4 Å². The molecule has 0 aromatic carbocycles. The fourth-order valence-corrected chi connectivity index (χ4v) is 7.14. The van der Waals surface area contributed by atoms with E-state index in [0.29, 0.717) is 24.4 Å². The van der Waals surface area contributed by atoms with Crippen molar-refractivity contribution in [2.24, 2.45) is 10.9 Å². The van der Waals surface area contributed by atoms with E-state index in [0.717, 1.165) is 27.8 Å². The standard InChI is InChI=1S/C24H26N8O5S3/c1-2-37-29-17(14-12-40-24(26)27-14)20(33)28-18-21(34)32-19(23(35)36)13(11-39-22(18)32)10-30-7-8-31-15(30)4-3-5-16(31)38-9-6-25/h3-5,7-8,12,18,22H,2,6,9-11,25H2,1H3,(H3-,26,27,28,33,35,36)/p+1/t18-,22+/m1/s1. The number of aromatic nitrogens is 3. The highest BCUT2D eigenvalue weighted by molar-refractivity contribution is 8.00. The summed E-state index contributed by atoms with van der Waals surface area (Å²) in [6, 6.07) is 4.96. The number of nitrogens with two attached hydrogens (primary N) is 2. The molecule has 2 aliphatic rings. The molecule has 2 amide bonds. The molecule has 3 aromatic rings. The Morgan fingerprint density at radius 1 is 1.40 bits per heavy atom. The highest BCUT2D eigenvalue weighted by atomic mass is 32.2. The molecular weight excluding hydrogens is 577 g/mol. The van der Waals surface area contributed by atoms with Gasteiger partial charge >= 0.3 is 5.97 Å². The van der Waals surface area contributed by atoms with Gasteiger partial charge < -0.3 is 26.7 Å². The Morgan fingerprint density at radius 3 is 2.92 bits per heavy atom. The molecule has 0 unspecified atom stereocenters. The zero-order valence-corrected chi connectivity index (χ0v) is 23.8. The summed E-state index contributed by atoms with van der Waals surface area (Å²) in [7, 11) is 0. The molecule has 0 spiro atoms. The number of thiazole rings is 1. The first-order valence-electron chi connectivity index (χ1n) is 12.3. The molecule has 3 aromatic heterocycles. The smallest absolute Gasteiger partial charge is 0.352 e. The van der Waals surface area contributed by atoms with Gasteiger partial charge in [0.25, 0.3) is 17.5 Å². The number of fused-ring (bicyclic) bond motifs is 2. The van der Waals surface area contributed by atoms with Gasteiger partial charge in [-0.1, -0.05) is 16.9 Å². The predicted molar refractivity (Wildman–Crippen MR) is 152 cm³/mol. The van der Waals surface area contributed by atoms with Gasteiger partial charge in [-0.05, 0) is 19.1 Å². The quantitative estimate of drug-likeness (QED) is 0.0792. The lowest BCUT2D eigenvalue weighted by Crippen LogP contribution is -2.71. The summed E-state index contributed by atoms with van der Waals surface area (Å²) in [6.45, 7) is 2.79. The number of carbonyl (C=O) groups is 3. The molecule has 0 bridgehead atoms. The van der Waals surface area contributed by atoms with E-state index in [4.69, 9.17) is 16.3 Å². The van der Waals surface area contributed by atoms with Gasteiger partial charge in [-0.2, -0.15) is 4.40 Å². The van der Waals surface area contributed by atoms with Gasteiger partial charge in [0, 0.05) is 35.1 Å². The number of carboxylic acid groups (broad SMARTS) is 1. The summed E-state index contributed by atoms with van der Waals surface area (Å²) in [4.78, 5) is 49.1. The number of rotatable bonds is 11. The van der Waals surface area contributed by atoms with Crippen LogP contribution in [0.25, 0.3) is 5.65 Å². The lowest BCUT2D eigenvalue weighted by molar-refractivity contribution is -0.662. The van der Waals surface area contributed by atoms with Gasteiger partial charge in [0.15, 0.2) is 15.9 Å². The number of oxime groups is 1. The molecule has 5 heterocycles. The first-order valence-corrected chi connectivity index (χ1v) is 15.2. The number of aliphatic carboxylic acids is 1. The molecule has 0 aliphatic carbocycles. The van der Waals surface area contributed by atoms with E-state index in [1.54, 1.807) is 24.1 Å². The van der Waals surface area contributed by atoms with Crippen molar-refractivity contribution in [3.63, 3.8) is 0 Å². The summed E-state index contributed by atoms with van der Waals surface area (Å²) in [5.41, 5.74) is 12.9. The van der Waals surface area contributed by atoms with Crippen LogP contribution in [0.1, 0.15) is 12.6 Å². The topological polar surface area (TPSA) is 182 Å². The van der Waals surface area contributed by atoms with Crippen LogP contribution in [0, 0.1) is 0 Å². The highest BCUT2D eigenvalue weighted by Crippen LogP contribution is 2.40. The number of nitrogen functional groups attached to an aromatic ring is 1. The number of anilines is 1. The Hall–Kier alpha value is -3.60. The number of nitrogens with zero attached hydrogens (tertiary/aromatic N) is 5. The van der Waals surface area contributed by atoms with Crippen molar-refractivity contribution in [1.82, 2.24) is 19.6 Å². The van der Waals surface area contributed by atoms with Crippen LogP contribution in [0.4, 0.5) is 5.13 Å². The second kappa shape index (κ2) is 11.9. The van der Waals surface area contributed by atoms with Crippen LogP contribution in [0.3, 0.4) is 0 Å². The van der Waals surface area contributed by atoms with E-state index in [9.17, 15) is 19.5 Å². The zero-order chi connectivity index (χ0) is 28.4. The summed E-state index contributed by atoms with van der Waals surface area (Å²) >= 11 is 4.17. The fraction of sp³-hybridized carbons (Fsp3) is 0.333. The Labute approximate surface area is 241 Å². The van der Waals surface area contributed by atoms with Crippen LogP contribution in [-0.4, -0.2) is 79.0 Å². The minimum absolute atomic E-state index is 0.0600. The normalized spacial score (nSPS) is 19.0. The molecule has 2 aliphatic heterocycles. The summed E-state index contributed by atoms with van der Waals surface area (Å²) < 4.78 is 3.98. The Morgan fingerprint density at radius 2 is 2.23 bits per heavy atom. The lowest BCUT2D eigenvalue weighted by atomic mass is 10.0. The molecule has 40 heavy (non-hydrogen) atoms. The number of hydrogen-bond acceptors (Lipinski definition) is 11. The molecule has 5 rings (SSSR count). The van der Waals surface area contributed by atoms with Crippen LogP contribution in [-0.2, 0) is 25.8 Å². The molecule has 210 valence electrons. The van der Waals surface area contributed by atoms with Gasteiger partial charge in [0.2, 0.25) is 0 Å². The number of amides is 2. The van der Waals surface area contributed by atoms with Crippen LogP contribution in [0.5, 0.6) is 0 Å². The minimum atomic E-state index is -1.20. The second-order valence-electron chi connectivity index (χ2n) is 8.70. The maximum absolute atomic E-state index is 13.2. The van der Waals surface area contributed by atoms with E-state index in [-0.39, 0.29) is 28.8 Å². The van der Waals surface area contributed by atoms with Crippen LogP contribution >= 0.6 is 34.9 Å². The van der Waals surface area contributed by atoms with Crippen LogP contribution in [0.2, 0.25) is 0 Å². The number of nitrogens with one attached hydrogen (secondary N) is 1. The van der Waals surface area contributed by atoms with Crippen LogP contribution in [0.15, 0.2) is 57.4 Å². The monoisotopic (exact) mass is 603 g/mol. The fourth-order valence-electron chi connectivity index (χ4n) is 4.46. The van der Waals surface area contributed by atoms with E-state index >= 15 is 0 Å².